The molecule has 6 heteroatoms. The molecule has 0 bridgehead atoms. The SMILES string of the molecule is CC(C)c1cccc(C(C)C)c1N1C(=O)c2ccc3c4c(ccc(c24)C1=O)C1C=CC2C(=O)N(c4c(C(C)C)cccc4C(C)C)C(=O)c4ccc-3c1c42. The summed E-state index contributed by atoms with van der Waals surface area (Å²) >= 11 is 0. The van der Waals surface area contributed by atoms with Crippen LogP contribution in [0.4, 0.5) is 11.4 Å². The number of imide groups is 2. The molecule has 0 N–H and O–H groups in total. The normalized spacial score (nSPS) is 18.3. The third-order valence-electron chi connectivity index (χ3n) is 12.1. The lowest BCUT2D eigenvalue weighted by molar-refractivity contribution is -0.118. The van der Waals surface area contributed by atoms with Crippen LogP contribution in [0.2, 0.25) is 0 Å². The fourth-order valence-corrected chi connectivity index (χ4v) is 9.62. The zero-order valence-electron chi connectivity index (χ0n) is 32.1. The molecule has 270 valence electrons. The summed E-state index contributed by atoms with van der Waals surface area (Å²) in [4.78, 5) is 61.5. The largest absolute Gasteiger partial charge is 0.273 e. The molecule has 2 atom stereocenters. The first-order valence-corrected chi connectivity index (χ1v) is 19.3. The van der Waals surface area contributed by atoms with Crippen molar-refractivity contribution in [1.82, 2.24) is 0 Å². The monoisotopic (exact) mass is 712 g/mol. The molecule has 2 aliphatic heterocycles. The fourth-order valence-electron chi connectivity index (χ4n) is 9.62. The predicted molar refractivity (Wildman–Crippen MR) is 215 cm³/mol. The Morgan fingerprint density at radius 2 is 0.833 bits per heavy atom. The minimum Gasteiger partial charge on any atom is -0.273 e. The molecule has 2 heterocycles. The maximum absolute atomic E-state index is 14.7. The Bertz CT molecular complexity index is 2500. The maximum Gasteiger partial charge on any atom is 0.266 e. The molecule has 9 rings (SSSR count). The average Bonchev–Trinajstić information content (AvgIpc) is 3.15. The number of amides is 4. The van der Waals surface area contributed by atoms with Crippen molar-refractivity contribution in [3.8, 4) is 11.1 Å². The zero-order valence-corrected chi connectivity index (χ0v) is 32.1. The lowest BCUT2D eigenvalue weighted by Gasteiger charge is -2.41. The van der Waals surface area contributed by atoms with Gasteiger partial charge in [-0.1, -0.05) is 122 Å². The Kier molecular flexibility index (Phi) is 7.56. The van der Waals surface area contributed by atoms with Crippen LogP contribution in [-0.2, 0) is 4.79 Å². The predicted octanol–water partition coefficient (Wildman–Crippen LogP) is 11.1. The minimum absolute atomic E-state index is 0.105. The summed E-state index contributed by atoms with van der Waals surface area (Å²) in [6.07, 6.45) is 4.05. The molecule has 0 saturated heterocycles. The molecule has 54 heavy (non-hydrogen) atoms. The number of hydrogen-bond acceptors (Lipinski definition) is 4. The van der Waals surface area contributed by atoms with Crippen molar-refractivity contribution < 1.29 is 19.2 Å². The van der Waals surface area contributed by atoms with E-state index in [-0.39, 0.29) is 53.2 Å². The first-order chi connectivity index (χ1) is 25.8. The number of benzene rings is 5. The highest BCUT2D eigenvalue weighted by molar-refractivity contribution is 6.37. The van der Waals surface area contributed by atoms with E-state index in [0.717, 1.165) is 55.5 Å². The number of hydrogen-bond donors (Lipinski definition) is 0. The minimum atomic E-state index is -0.619. The van der Waals surface area contributed by atoms with Gasteiger partial charge < -0.3 is 0 Å². The van der Waals surface area contributed by atoms with Gasteiger partial charge in [-0.3, -0.25) is 19.2 Å². The second-order valence-electron chi connectivity index (χ2n) is 16.6. The van der Waals surface area contributed by atoms with Crippen LogP contribution in [0.3, 0.4) is 0 Å². The Morgan fingerprint density at radius 1 is 0.426 bits per heavy atom. The number of anilines is 2. The van der Waals surface area contributed by atoms with E-state index in [1.165, 1.54) is 9.80 Å². The van der Waals surface area contributed by atoms with Crippen molar-refractivity contribution >= 4 is 45.8 Å². The van der Waals surface area contributed by atoms with Crippen LogP contribution in [0.5, 0.6) is 0 Å². The summed E-state index contributed by atoms with van der Waals surface area (Å²) in [5, 5.41) is 1.56. The highest BCUT2D eigenvalue weighted by Crippen LogP contribution is 2.55. The van der Waals surface area contributed by atoms with E-state index in [0.29, 0.717) is 33.5 Å². The Morgan fingerprint density at radius 3 is 1.37 bits per heavy atom. The molecular weight excluding hydrogens is 669 g/mol. The molecule has 0 radical (unpaired) electrons. The van der Waals surface area contributed by atoms with Crippen LogP contribution in [0.15, 0.2) is 84.9 Å². The van der Waals surface area contributed by atoms with Gasteiger partial charge in [0.2, 0.25) is 5.91 Å². The molecule has 2 aliphatic carbocycles. The van der Waals surface area contributed by atoms with E-state index in [1.807, 2.05) is 78.9 Å². The summed E-state index contributed by atoms with van der Waals surface area (Å²) in [6, 6.07) is 23.7. The summed E-state index contributed by atoms with van der Waals surface area (Å²) < 4.78 is 0. The van der Waals surface area contributed by atoms with Crippen LogP contribution in [-0.4, -0.2) is 23.6 Å². The van der Waals surface area contributed by atoms with E-state index in [4.69, 9.17) is 0 Å². The van der Waals surface area contributed by atoms with Gasteiger partial charge in [-0.25, -0.2) is 9.80 Å². The van der Waals surface area contributed by atoms with Gasteiger partial charge in [0.05, 0.1) is 17.3 Å². The molecule has 4 amide bonds. The number of para-hydroxylation sites is 2. The van der Waals surface area contributed by atoms with Crippen molar-refractivity contribution in [2.45, 2.75) is 90.9 Å². The van der Waals surface area contributed by atoms with Crippen LogP contribution in [0, 0.1) is 0 Å². The van der Waals surface area contributed by atoms with Gasteiger partial charge in [0.15, 0.2) is 0 Å². The van der Waals surface area contributed by atoms with Crippen LogP contribution in [0.1, 0.15) is 161 Å². The number of carbonyl (C=O) groups is 4. The smallest absolute Gasteiger partial charge is 0.266 e. The van der Waals surface area contributed by atoms with Gasteiger partial charge in [-0.05, 0) is 97.3 Å². The van der Waals surface area contributed by atoms with Gasteiger partial charge in [0.25, 0.3) is 17.7 Å². The molecule has 0 fully saturated rings. The third-order valence-corrected chi connectivity index (χ3v) is 12.1. The topological polar surface area (TPSA) is 74.8 Å². The van der Waals surface area contributed by atoms with Crippen molar-refractivity contribution in [3.63, 3.8) is 0 Å². The fraction of sp³-hybridized carbons (Fsp3) is 0.292. The van der Waals surface area contributed by atoms with Gasteiger partial charge in [0, 0.05) is 28.0 Å². The second-order valence-corrected chi connectivity index (χ2v) is 16.6. The summed E-state index contributed by atoms with van der Waals surface area (Å²) in [5.74, 6) is -1.60. The molecule has 5 aromatic rings. The van der Waals surface area contributed by atoms with E-state index in [2.05, 4.69) is 61.5 Å². The van der Waals surface area contributed by atoms with Crippen LogP contribution in [0.25, 0.3) is 21.9 Å². The zero-order chi connectivity index (χ0) is 38.1. The van der Waals surface area contributed by atoms with Crippen molar-refractivity contribution in [1.29, 1.82) is 0 Å². The molecule has 0 spiro atoms. The quantitative estimate of drug-likeness (QED) is 0.130. The van der Waals surface area contributed by atoms with E-state index < -0.39 is 5.92 Å². The van der Waals surface area contributed by atoms with Crippen molar-refractivity contribution in [3.05, 3.63) is 141 Å². The number of nitrogens with zero attached hydrogens (tertiary/aromatic N) is 2. The van der Waals surface area contributed by atoms with Crippen LogP contribution < -0.4 is 9.80 Å². The van der Waals surface area contributed by atoms with E-state index in [1.54, 1.807) is 0 Å². The summed E-state index contributed by atoms with van der Waals surface area (Å²) in [6.45, 7) is 16.7. The van der Waals surface area contributed by atoms with Gasteiger partial charge in [-0.2, -0.15) is 0 Å². The number of rotatable bonds is 6. The number of carbonyl (C=O) groups excluding carboxylic acids is 4. The van der Waals surface area contributed by atoms with Gasteiger partial charge >= 0.3 is 0 Å². The second kappa shape index (κ2) is 11.9. The summed E-state index contributed by atoms with van der Waals surface area (Å²) in [5.41, 5.74) is 11.4. The molecular formula is C48H44N2O4. The third kappa shape index (κ3) is 4.46. The van der Waals surface area contributed by atoms with E-state index >= 15 is 0 Å². The highest BCUT2D eigenvalue weighted by atomic mass is 16.2. The summed E-state index contributed by atoms with van der Waals surface area (Å²) in [7, 11) is 0. The standard InChI is InChI=1S/C48H44N2O4/c1-23(2)27-11-9-12-28(24(3)4)43(27)49-45(51)35-19-15-31-33-17-21-37-42-38(22-18-34(40(33)42)32-16-20-36(46(49)52)41(35)39(31)32)48(54)50(47(37)53)44-29(25(5)6)13-10-14-30(44)26(7)8/h9-26,31,35H,1-8H3. The first-order valence-electron chi connectivity index (χ1n) is 19.3. The maximum atomic E-state index is 14.7. The lowest BCUT2D eigenvalue weighted by atomic mass is 9.67. The first kappa shape index (κ1) is 34.2. The van der Waals surface area contributed by atoms with Crippen molar-refractivity contribution in [2.75, 3.05) is 9.80 Å². The molecule has 4 aliphatic rings. The number of fused-ring (bicyclic) bond motifs is 2. The number of allylic oxidation sites excluding steroid dienone is 1. The molecule has 0 aromatic heterocycles. The molecule has 2 unspecified atom stereocenters. The van der Waals surface area contributed by atoms with Crippen molar-refractivity contribution in [2.24, 2.45) is 0 Å². The average molecular weight is 713 g/mol. The van der Waals surface area contributed by atoms with E-state index in [9.17, 15) is 19.2 Å². The Balaban J connectivity index is 1.23. The molecule has 5 aromatic carbocycles. The lowest BCUT2D eigenvalue weighted by Crippen LogP contribution is -2.47. The van der Waals surface area contributed by atoms with Crippen LogP contribution >= 0.6 is 0 Å². The van der Waals surface area contributed by atoms with Gasteiger partial charge in [-0.15, -0.1) is 0 Å². The Labute approximate surface area is 316 Å². The Hall–Kier alpha value is -5.62. The molecule has 6 nitrogen and oxygen atoms in total. The molecule has 0 saturated carbocycles. The van der Waals surface area contributed by atoms with Gasteiger partial charge in [0.1, 0.15) is 0 Å². The highest BCUT2D eigenvalue weighted by Gasteiger charge is 2.47.